The van der Waals surface area contributed by atoms with E-state index >= 15 is 0 Å². The molecule has 2 heterocycles. The Bertz CT molecular complexity index is 1230. The molecular formula is C21H23BN4O9S. The number of ketones is 1. The normalized spacial score (nSPS) is 15.5. The number of nitrogens with zero attached hydrogens (tertiary/aromatic N) is 2. The lowest BCUT2D eigenvalue weighted by molar-refractivity contribution is -0.146. The van der Waals surface area contributed by atoms with Gasteiger partial charge < -0.3 is 35.8 Å². The fourth-order valence-electron chi connectivity index (χ4n) is 3.37. The summed E-state index contributed by atoms with van der Waals surface area (Å²) >= 11 is 1.05. The van der Waals surface area contributed by atoms with Crippen LogP contribution in [-0.4, -0.2) is 68.8 Å². The molecule has 1 aromatic carbocycles. The molecule has 1 amide bonds. The van der Waals surface area contributed by atoms with Crippen LogP contribution in [-0.2, 0) is 25.6 Å². The van der Waals surface area contributed by atoms with Crippen molar-refractivity contribution in [1.82, 2.24) is 10.3 Å². The summed E-state index contributed by atoms with van der Waals surface area (Å²) in [4.78, 5) is 57.0. The number of oxime groups is 1. The molecular weight excluding hydrogens is 495 g/mol. The summed E-state index contributed by atoms with van der Waals surface area (Å²) in [5, 5.41) is 36.2. The average molecular weight is 518 g/mol. The van der Waals surface area contributed by atoms with Crippen LogP contribution < -0.4 is 15.7 Å². The number of nitrogens with two attached hydrogens (primary N) is 1. The third-order valence-electron chi connectivity index (χ3n) is 5.24. The van der Waals surface area contributed by atoms with Gasteiger partial charge in [-0.25, -0.2) is 9.78 Å². The number of carbonyl (C=O) groups excluding carboxylic acids is 2. The van der Waals surface area contributed by atoms with Crippen LogP contribution in [0.5, 0.6) is 5.75 Å². The maximum Gasteiger partial charge on any atom is 0.526 e. The number of para-hydroxylation sites is 1. The topological polar surface area (TPSA) is 211 Å². The van der Waals surface area contributed by atoms with E-state index in [1.54, 1.807) is 12.1 Å². The minimum absolute atomic E-state index is 0.0415. The first-order chi connectivity index (χ1) is 16.9. The Hall–Kier alpha value is -3.98. The van der Waals surface area contributed by atoms with Crippen molar-refractivity contribution in [2.45, 2.75) is 38.1 Å². The number of rotatable bonds is 10. The van der Waals surface area contributed by atoms with E-state index in [-0.39, 0.29) is 40.7 Å². The van der Waals surface area contributed by atoms with Crippen molar-refractivity contribution in [2.24, 2.45) is 5.16 Å². The van der Waals surface area contributed by atoms with E-state index in [9.17, 15) is 29.3 Å². The molecule has 0 saturated heterocycles. The van der Waals surface area contributed by atoms with Crippen LogP contribution in [0.3, 0.4) is 0 Å². The van der Waals surface area contributed by atoms with E-state index in [2.05, 4.69) is 15.5 Å². The number of nitrogens with one attached hydrogen (secondary N) is 1. The molecule has 1 aromatic heterocycles. The smallest absolute Gasteiger partial charge is 0.526 e. The number of nitrogen functional groups attached to an aromatic ring is 1. The number of carboxylic acids is 2. The first-order valence-corrected chi connectivity index (χ1v) is 11.5. The highest BCUT2D eigenvalue weighted by Crippen LogP contribution is 2.36. The molecule has 190 valence electrons. The van der Waals surface area contributed by atoms with Crippen LogP contribution in [0, 0.1) is 0 Å². The number of aromatic carboxylic acids is 1. The predicted octanol–water partition coefficient (Wildman–Crippen LogP) is 0.569. The van der Waals surface area contributed by atoms with Gasteiger partial charge in [-0.05, 0) is 31.9 Å². The van der Waals surface area contributed by atoms with Gasteiger partial charge in [0.2, 0.25) is 5.60 Å². The summed E-state index contributed by atoms with van der Waals surface area (Å²) in [6, 6.07) is 4.53. The fraction of sp³-hybridized carbons (Fsp3) is 0.333. The van der Waals surface area contributed by atoms with Gasteiger partial charge >= 0.3 is 19.1 Å². The first kappa shape index (κ1) is 26.6. The Morgan fingerprint density at radius 3 is 2.67 bits per heavy atom. The third-order valence-corrected chi connectivity index (χ3v) is 5.91. The molecule has 3 rings (SSSR count). The van der Waals surface area contributed by atoms with Crippen molar-refractivity contribution in [1.29, 1.82) is 0 Å². The number of amides is 1. The van der Waals surface area contributed by atoms with E-state index in [1.165, 1.54) is 25.3 Å². The molecule has 1 aliphatic rings. The molecule has 1 atom stereocenters. The number of fused-ring (bicyclic) bond motifs is 1. The second kappa shape index (κ2) is 10.7. The fourth-order valence-corrected chi connectivity index (χ4v) is 3.92. The molecule has 0 bridgehead atoms. The second-order valence-electron chi connectivity index (χ2n) is 8.39. The molecule has 0 fully saturated rings. The maximum absolute atomic E-state index is 13.2. The summed E-state index contributed by atoms with van der Waals surface area (Å²) in [6.07, 6.45) is -0.122. The Morgan fingerprint density at radius 2 is 2.06 bits per heavy atom. The minimum atomic E-state index is -1.64. The van der Waals surface area contributed by atoms with Crippen molar-refractivity contribution in [3.05, 3.63) is 40.4 Å². The van der Waals surface area contributed by atoms with E-state index in [1.807, 2.05) is 0 Å². The van der Waals surface area contributed by atoms with Gasteiger partial charge in [0, 0.05) is 17.6 Å². The predicted molar refractivity (Wildman–Crippen MR) is 128 cm³/mol. The van der Waals surface area contributed by atoms with Crippen molar-refractivity contribution in [2.75, 3.05) is 12.3 Å². The zero-order valence-electron chi connectivity index (χ0n) is 19.3. The number of anilines is 1. The van der Waals surface area contributed by atoms with Gasteiger partial charge in [0.1, 0.15) is 18.0 Å². The van der Waals surface area contributed by atoms with E-state index in [0.717, 1.165) is 11.3 Å². The van der Waals surface area contributed by atoms with Crippen LogP contribution in [0.25, 0.3) is 0 Å². The SMILES string of the molecule is CC(C)(O/N=C(\C(=O)C[C@H]1Cc2cccc(C(=O)O)c2OB1O)c1csc(N)n1)C(=O)NCC(=O)O. The molecule has 6 N–H and O–H groups in total. The molecule has 0 unspecified atom stereocenters. The zero-order chi connectivity index (χ0) is 26.6. The van der Waals surface area contributed by atoms with Gasteiger partial charge in [0.05, 0.1) is 5.56 Å². The van der Waals surface area contributed by atoms with Crippen molar-refractivity contribution >= 4 is 52.9 Å². The quantitative estimate of drug-likeness (QED) is 0.167. The summed E-state index contributed by atoms with van der Waals surface area (Å²) in [7, 11) is -1.47. The lowest BCUT2D eigenvalue weighted by Gasteiger charge is -2.28. The first-order valence-electron chi connectivity index (χ1n) is 10.6. The number of aliphatic carboxylic acids is 1. The standard InChI is InChI=1S/C21H23BN4O9S/c1-21(2,19(32)24-8-15(28)29)35-26-16(13-9-36-20(23)25-13)14(27)7-11-6-10-4-3-5-12(18(30)31)17(10)34-22(11)33/h3-5,9,11,33H,6-8H2,1-2H3,(H2,23,25)(H,24,32)(H,28,29)(H,30,31)/b26-16-/t11-/m1/s1. The number of Topliss-reactive ketones (excluding diaryl/α,β-unsaturated/α-hetero) is 1. The van der Waals surface area contributed by atoms with E-state index in [0.29, 0.717) is 5.56 Å². The number of hydrogen-bond acceptors (Lipinski definition) is 11. The third kappa shape index (κ3) is 6.17. The number of hydrogen-bond donors (Lipinski definition) is 5. The number of thiazole rings is 1. The molecule has 0 spiro atoms. The monoisotopic (exact) mass is 518 g/mol. The molecule has 2 aromatic rings. The van der Waals surface area contributed by atoms with Crippen LogP contribution in [0.4, 0.5) is 5.13 Å². The maximum atomic E-state index is 13.2. The number of carbonyl (C=O) groups is 4. The van der Waals surface area contributed by atoms with Crippen LogP contribution in [0.15, 0.2) is 28.7 Å². The van der Waals surface area contributed by atoms with Crippen LogP contribution in [0.2, 0.25) is 5.82 Å². The molecule has 13 nitrogen and oxygen atoms in total. The molecule has 0 radical (unpaired) electrons. The number of carboxylic acid groups (broad SMARTS) is 2. The minimum Gasteiger partial charge on any atom is -0.535 e. The van der Waals surface area contributed by atoms with Crippen molar-refractivity contribution < 1.29 is 43.9 Å². The lowest BCUT2D eigenvalue weighted by Crippen LogP contribution is -2.45. The van der Waals surface area contributed by atoms with E-state index < -0.39 is 48.7 Å². The molecule has 0 saturated carbocycles. The Labute approximate surface area is 209 Å². The highest BCUT2D eigenvalue weighted by molar-refractivity contribution is 7.13. The number of benzene rings is 1. The van der Waals surface area contributed by atoms with Gasteiger partial charge in [0.25, 0.3) is 5.91 Å². The van der Waals surface area contributed by atoms with Gasteiger partial charge in [-0.2, -0.15) is 0 Å². The number of aromatic nitrogens is 1. The second-order valence-corrected chi connectivity index (χ2v) is 9.28. The van der Waals surface area contributed by atoms with Crippen LogP contribution in [0.1, 0.15) is 41.9 Å². The molecule has 15 heteroatoms. The summed E-state index contributed by atoms with van der Waals surface area (Å²) in [5.74, 6) is -4.55. The zero-order valence-corrected chi connectivity index (χ0v) is 20.1. The van der Waals surface area contributed by atoms with Gasteiger partial charge in [-0.3, -0.25) is 14.4 Å². The summed E-state index contributed by atoms with van der Waals surface area (Å²) in [5.41, 5.74) is 4.28. The molecule has 1 aliphatic heterocycles. The Kier molecular flexibility index (Phi) is 7.95. The highest BCUT2D eigenvalue weighted by atomic mass is 32.1. The Balaban J connectivity index is 1.82. The van der Waals surface area contributed by atoms with Gasteiger partial charge in [0.15, 0.2) is 16.6 Å². The molecule has 0 aliphatic carbocycles. The largest absolute Gasteiger partial charge is 0.535 e. The van der Waals surface area contributed by atoms with Gasteiger partial charge in [-0.15, -0.1) is 11.3 Å². The average Bonchev–Trinajstić information content (AvgIpc) is 3.23. The summed E-state index contributed by atoms with van der Waals surface area (Å²) in [6.45, 7) is 2.04. The van der Waals surface area contributed by atoms with Crippen molar-refractivity contribution in [3.63, 3.8) is 0 Å². The van der Waals surface area contributed by atoms with E-state index in [4.69, 9.17) is 20.3 Å². The Morgan fingerprint density at radius 1 is 1.33 bits per heavy atom. The van der Waals surface area contributed by atoms with Crippen LogP contribution >= 0.6 is 11.3 Å². The van der Waals surface area contributed by atoms with Crippen molar-refractivity contribution in [3.8, 4) is 5.75 Å². The summed E-state index contributed by atoms with van der Waals surface area (Å²) < 4.78 is 5.44. The molecule has 36 heavy (non-hydrogen) atoms. The lowest BCUT2D eigenvalue weighted by atomic mass is 9.64. The van der Waals surface area contributed by atoms with Gasteiger partial charge in [-0.1, -0.05) is 17.3 Å². The highest BCUT2D eigenvalue weighted by Gasteiger charge is 2.39.